The van der Waals surface area contributed by atoms with Crippen LogP contribution in [0.15, 0.2) is 72.3 Å². The molecule has 2 aromatic carbocycles. The first kappa shape index (κ1) is 23.6. The average Bonchev–Trinajstić information content (AvgIpc) is 3.09. The lowest BCUT2D eigenvalue weighted by Crippen LogP contribution is -2.37. The average molecular weight is 441 g/mol. The molecule has 6 nitrogen and oxygen atoms in total. The minimum absolute atomic E-state index is 0.0554. The van der Waals surface area contributed by atoms with E-state index in [4.69, 9.17) is 0 Å². The van der Waals surface area contributed by atoms with Gasteiger partial charge in [0.05, 0.1) is 0 Å². The van der Waals surface area contributed by atoms with Crippen LogP contribution in [0.4, 0.5) is 5.69 Å². The van der Waals surface area contributed by atoms with Gasteiger partial charge in [-0.15, -0.1) is 0 Å². The highest BCUT2D eigenvalue weighted by Gasteiger charge is 2.24. The van der Waals surface area contributed by atoms with Crippen LogP contribution >= 0.6 is 0 Å². The molecule has 0 aliphatic heterocycles. The second-order valence-corrected chi connectivity index (χ2v) is 7.82. The molecule has 3 rings (SSSR count). The molecule has 0 saturated carbocycles. The molecule has 6 heteroatoms. The maximum absolute atomic E-state index is 13.1. The van der Waals surface area contributed by atoms with E-state index >= 15 is 0 Å². The topological polar surface area (TPSA) is 86.9 Å². The van der Waals surface area contributed by atoms with Crippen molar-refractivity contribution in [1.82, 2.24) is 9.88 Å². The number of aromatic nitrogens is 1. The van der Waals surface area contributed by atoms with Gasteiger partial charge in [0.25, 0.3) is 11.8 Å². The van der Waals surface area contributed by atoms with Crippen molar-refractivity contribution in [3.05, 3.63) is 94.8 Å². The highest BCUT2D eigenvalue weighted by molar-refractivity contribution is 6.05. The van der Waals surface area contributed by atoms with Gasteiger partial charge < -0.3 is 15.2 Å². The third-order valence-corrected chi connectivity index (χ3v) is 5.44. The Morgan fingerprint density at radius 2 is 1.70 bits per heavy atom. The number of hydrogen-bond donors (Lipinski definition) is 2. The molecular formula is C27H28N4O2. The van der Waals surface area contributed by atoms with E-state index in [1.165, 1.54) is 0 Å². The molecule has 1 atom stereocenters. The number of nitrogens with one attached hydrogen (secondary N) is 2. The van der Waals surface area contributed by atoms with Crippen LogP contribution in [0, 0.1) is 25.2 Å². The summed E-state index contributed by atoms with van der Waals surface area (Å²) in [4.78, 5) is 26.1. The first-order chi connectivity index (χ1) is 15.9. The van der Waals surface area contributed by atoms with Crippen molar-refractivity contribution in [1.29, 1.82) is 5.26 Å². The van der Waals surface area contributed by atoms with E-state index in [1.807, 2.05) is 50.2 Å². The van der Waals surface area contributed by atoms with Crippen LogP contribution in [0.2, 0.25) is 0 Å². The van der Waals surface area contributed by atoms with E-state index < -0.39 is 11.9 Å². The van der Waals surface area contributed by atoms with Crippen molar-refractivity contribution >= 4 is 23.6 Å². The van der Waals surface area contributed by atoms with Gasteiger partial charge in [0.15, 0.2) is 0 Å². The number of rotatable bonds is 8. The summed E-state index contributed by atoms with van der Waals surface area (Å²) in [7, 11) is 0. The number of nitrogens with zero attached hydrogens (tertiary/aromatic N) is 2. The molecule has 0 radical (unpaired) electrons. The number of anilines is 1. The van der Waals surface area contributed by atoms with Crippen molar-refractivity contribution in [3.63, 3.8) is 0 Å². The van der Waals surface area contributed by atoms with Gasteiger partial charge in [-0.25, -0.2) is 0 Å². The predicted molar refractivity (Wildman–Crippen MR) is 130 cm³/mol. The molecule has 0 aliphatic rings. The second kappa shape index (κ2) is 11.0. The Kier molecular flexibility index (Phi) is 7.82. The van der Waals surface area contributed by atoms with Crippen molar-refractivity contribution in [2.24, 2.45) is 0 Å². The van der Waals surface area contributed by atoms with E-state index in [0.717, 1.165) is 29.9 Å². The zero-order valence-corrected chi connectivity index (χ0v) is 19.1. The maximum Gasteiger partial charge on any atom is 0.262 e. The van der Waals surface area contributed by atoms with Crippen LogP contribution in [-0.4, -0.2) is 16.4 Å². The third-order valence-electron chi connectivity index (χ3n) is 5.44. The fourth-order valence-electron chi connectivity index (χ4n) is 3.74. The number of aryl methyl sites for hydroxylation is 1. The molecule has 0 aliphatic carbocycles. The Bertz CT molecular complexity index is 1190. The normalized spacial score (nSPS) is 12.0. The van der Waals surface area contributed by atoms with Crippen molar-refractivity contribution in [2.45, 2.75) is 39.8 Å². The maximum atomic E-state index is 13.1. The van der Waals surface area contributed by atoms with Gasteiger partial charge in [0, 0.05) is 23.6 Å². The fourth-order valence-corrected chi connectivity index (χ4v) is 3.74. The molecule has 2 amide bonds. The SMILES string of the molecule is CCCn1c(C)cc(/C=C(/C#N)C(=O)NC(C(=O)Nc2ccccc2)c2ccccc2)c1C. The number of para-hydroxylation sites is 1. The van der Waals surface area contributed by atoms with Crippen molar-refractivity contribution in [2.75, 3.05) is 5.32 Å². The van der Waals surface area contributed by atoms with Gasteiger partial charge in [0.2, 0.25) is 0 Å². The van der Waals surface area contributed by atoms with Crippen molar-refractivity contribution in [3.8, 4) is 6.07 Å². The predicted octanol–water partition coefficient (Wildman–Crippen LogP) is 4.92. The Morgan fingerprint density at radius 1 is 1.06 bits per heavy atom. The Morgan fingerprint density at radius 3 is 2.30 bits per heavy atom. The first-order valence-electron chi connectivity index (χ1n) is 10.9. The van der Waals surface area contributed by atoms with Crippen molar-refractivity contribution < 1.29 is 9.59 Å². The number of hydrogen-bond acceptors (Lipinski definition) is 3. The number of nitriles is 1. The monoisotopic (exact) mass is 440 g/mol. The summed E-state index contributed by atoms with van der Waals surface area (Å²) < 4.78 is 2.17. The Hall–Kier alpha value is -4.11. The quantitative estimate of drug-likeness (QED) is 0.385. The summed E-state index contributed by atoms with van der Waals surface area (Å²) in [6, 6.07) is 21.0. The van der Waals surface area contributed by atoms with E-state index in [-0.39, 0.29) is 11.5 Å². The largest absolute Gasteiger partial charge is 0.349 e. The Balaban J connectivity index is 1.88. The zero-order chi connectivity index (χ0) is 23.8. The number of carbonyl (C=O) groups excluding carboxylic acids is 2. The summed E-state index contributed by atoms with van der Waals surface area (Å²) in [5, 5.41) is 15.3. The lowest BCUT2D eigenvalue weighted by atomic mass is 10.0. The molecule has 1 heterocycles. The molecule has 0 bridgehead atoms. The summed E-state index contributed by atoms with van der Waals surface area (Å²) in [6.07, 6.45) is 2.57. The summed E-state index contributed by atoms with van der Waals surface area (Å²) in [5.41, 5.74) is 4.08. The lowest BCUT2D eigenvalue weighted by Gasteiger charge is -2.19. The smallest absolute Gasteiger partial charge is 0.262 e. The minimum Gasteiger partial charge on any atom is -0.349 e. The second-order valence-electron chi connectivity index (χ2n) is 7.82. The van der Waals surface area contributed by atoms with Crippen LogP contribution < -0.4 is 10.6 Å². The fraction of sp³-hybridized carbons (Fsp3) is 0.222. The molecule has 0 spiro atoms. The minimum atomic E-state index is -0.955. The summed E-state index contributed by atoms with van der Waals surface area (Å²) >= 11 is 0. The molecule has 3 aromatic rings. The van der Waals surface area contributed by atoms with Crippen LogP contribution in [0.1, 0.15) is 41.9 Å². The van der Waals surface area contributed by atoms with Gasteiger partial charge in [-0.1, -0.05) is 55.5 Å². The van der Waals surface area contributed by atoms with Crippen LogP contribution in [0.5, 0.6) is 0 Å². The number of carbonyl (C=O) groups is 2. The molecule has 0 fully saturated rings. The molecule has 33 heavy (non-hydrogen) atoms. The number of benzene rings is 2. The molecular weight excluding hydrogens is 412 g/mol. The third kappa shape index (κ3) is 5.78. The highest BCUT2D eigenvalue weighted by atomic mass is 16.2. The van der Waals surface area contributed by atoms with Crippen LogP contribution in [-0.2, 0) is 16.1 Å². The molecule has 0 saturated heterocycles. The van der Waals surface area contributed by atoms with Gasteiger partial charge in [-0.2, -0.15) is 5.26 Å². The van der Waals surface area contributed by atoms with Gasteiger partial charge >= 0.3 is 0 Å². The molecule has 1 aromatic heterocycles. The van der Waals surface area contributed by atoms with E-state index in [9.17, 15) is 14.9 Å². The number of amides is 2. The van der Waals surface area contributed by atoms with Gasteiger partial charge in [0.1, 0.15) is 17.7 Å². The highest BCUT2D eigenvalue weighted by Crippen LogP contribution is 2.20. The van der Waals surface area contributed by atoms with Gasteiger partial charge in [-0.05, 0) is 55.7 Å². The standard InChI is InChI=1S/C27H28N4O2/c1-4-15-31-19(2)16-22(20(31)3)17-23(18-28)26(32)30-25(21-11-7-5-8-12-21)27(33)29-24-13-9-6-10-14-24/h5-14,16-17,25H,4,15H2,1-3H3,(H,29,33)(H,30,32)/b23-17-. The summed E-state index contributed by atoms with van der Waals surface area (Å²) in [6.45, 7) is 6.95. The first-order valence-corrected chi connectivity index (χ1v) is 10.9. The van der Waals surface area contributed by atoms with Gasteiger partial charge in [-0.3, -0.25) is 9.59 Å². The molecule has 168 valence electrons. The molecule has 2 N–H and O–H groups in total. The van der Waals surface area contributed by atoms with E-state index in [1.54, 1.807) is 42.5 Å². The zero-order valence-electron chi connectivity index (χ0n) is 19.1. The molecule has 1 unspecified atom stereocenters. The Labute approximate surface area is 194 Å². The van der Waals surface area contributed by atoms with Crippen LogP contribution in [0.25, 0.3) is 6.08 Å². The van der Waals surface area contributed by atoms with E-state index in [0.29, 0.717) is 11.3 Å². The summed E-state index contributed by atoms with van der Waals surface area (Å²) in [5.74, 6) is -0.992. The lowest BCUT2D eigenvalue weighted by molar-refractivity contribution is -0.124. The van der Waals surface area contributed by atoms with Crippen LogP contribution in [0.3, 0.4) is 0 Å². The van der Waals surface area contributed by atoms with E-state index in [2.05, 4.69) is 22.1 Å².